The van der Waals surface area contributed by atoms with Gasteiger partial charge in [0.05, 0.1) is 5.56 Å². The number of aromatic nitrogens is 1. The number of anilines is 1. The second kappa shape index (κ2) is 6.15. The number of nitrogens with one attached hydrogen (secondary N) is 1. The molecule has 1 heterocycles. The van der Waals surface area contributed by atoms with Crippen molar-refractivity contribution in [3.05, 3.63) is 53.7 Å². The minimum Gasteiger partial charge on any atom is -0.322 e. The van der Waals surface area contributed by atoms with Gasteiger partial charge in [-0.3, -0.25) is 4.79 Å². The van der Waals surface area contributed by atoms with Crippen molar-refractivity contribution in [3.8, 4) is 0 Å². The second-order valence-corrected chi connectivity index (χ2v) is 6.24. The van der Waals surface area contributed by atoms with E-state index in [1.54, 1.807) is 0 Å². The van der Waals surface area contributed by atoms with Crippen LogP contribution in [0.15, 0.2) is 41.6 Å². The van der Waals surface area contributed by atoms with Crippen LogP contribution in [0, 0.1) is 11.6 Å². The number of alkyl halides is 3. The summed E-state index contributed by atoms with van der Waals surface area (Å²) in [7, 11) is -5.87. The molecule has 1 aromatic carbocycles. The molecule has 1 aromatic heterocycles. The Balaban J connectivity index is 2.43. The van der Waals surface area contributed by atoms with E-state index in [1.807, 2.05) is 5.32 Å². The van der Waals surface area contributed by atoms with E-state index < -0.39 is 43.5 Å². The number of rotatable bonds is 3. The van der Waals surface area contributed by atoms with E-state index in [2.05, 4.69) is 4.98 Å². The molecule has 0 aliphatic carbocycles. The number of hydrogen-bond donors (Lipinski definition) is 1. The Morgan fingerprint density at radius 2 is 1.75 bits per heavy atom. The first-order valence-corrected chi connectivity index (χ1v) is 7.55. The first-order chi connectivity index (χ1) is 11.0. The van der Waals surface area contributed by atoms with Crippen LogP contribution < -0.4 is 5.32 Å². The maximum atomic E-state index is 13.1. The largest absolute Gasteiger partial charge is 0.503 e. The fourth-order valence-corrected chi connectivity index (χ4v) is 2.53. The second-order valence-electron chi connectivity index (χ2n) is 4.39. The van der Waals surface area contributed by atoms with Crippen molar-refractivity contribution in [1.29, 1.82) is 0 Å². The zero-order chi connectivity index (χ0) is 18.1. The Kier molecular flexibility index (Phi) is 4.56. The Morgan fingerprint density at radius 1 is 1.08 bits per heavy atom. The van der Waals surface area contributed by atoms with Gasteiger partial charge in [-0.1, -0.05) is 0 Å². The summed E-state index contributed by atoms with van der Waals surface area (Å²) in [6, 6.07) is 4.07. The Bertz CT molecular complexity index is 897. The van der Waals surface area contributed by atoms with E-state index in [1.165, 1.54) is 0 Å². The average molecular weight is 366 g/mol. The summed E-state index contributed by atoms with van der Waals surface area (Å²) in [5.41, 5.74) is -6.82. The lowest BCUT2D eigenvalue weighted by Gasteiger charge is -2.11. The van der Waals surface area contributed by atoms with E-state index in [4.69, 9.17) is 0 Å². The molecule has 0 bridgehead atoms. The predicted octanol–water partition coefficient (Wildman–Crippen LogP) is 2.91. The fraction of sp³-hybridized carbons (Fsp3) is 0.0769. The minimum atomic E-state index is -5.87. The van der Waals surface area contributed by atoms with Gasteiger partial charge in [0.25, 0.3) is 15.7 Å². The van der Waals surface area contributed by atoms with Crippen LogP contribution in [0.4, 0.5) is 27.6 Å². The van der Waals surface area contributed by atoms with E-state index >= 15 is 0 Å². The maximum absolute atomic E-state index is 13.1. The summed E-state index contributed by atoms with van der Waals surface area (Å²) in [4.78, 5) is 15.1. The number of sulfone groups is 1. The van der Waals surface area contributed by atoms with Gasteiger partial charge >= 0.3 is 5.51 Å². The molecule has 0 aliphatic heterocycles. The van der Waals surface area contributed by atoms with Crippen molar-refractivity contribution in [1.82, 2.24) is 4.98 Å². The smallest absolute Gasteiger partial charge is 0.322 e. The summed E-state index contributed by atoms with van der Waals surface area (Å²) in [5, 5.41) is 0.484. The molecule has 5 nitrogen and oxygen atoms in total. The molecule has 1 amide bonds. The number of halogens is 5. The monoisotopic (exact) mass is 366 g/mol. The zero-order valence-corrected chi connectivity index (χ0v) is 12.3. The number of pyridine rings is 1. The lowest BCUT2D eigenvalue weighted by Crippen LogP contribution is -2.27. The molecular formula is C13H7F5N2O3S. The van der Waals surface area contributed by atoms with Gasteiger partial charge in [0.1, 0.15) is 0 Å². The van der Waals surface area contributed by atoms with Crippen LogP contribution in [-0.2, 0) is 9.84 Å². The summed E-state index contributed by atoms with van der Waals surface area (Å²) in [5.74, 6) is -3.78. The zero-order valence-electron chi connectivity index (χ0n) is 11.4. The highest BCUT2D eigenvalue weighted by atomic mass is 32.2. The normalized spacial score (nSPS) is 12.0. The SMILES string of the molecule is O=C(Nc1ccc(F)c(F)c1)c1cccnc1S(=O)(=O)C(F)(F)F. The van der Waals surface area contributed by atoms with Crippen LogP contribution in [-0.4, -0.2) is 24.8 Å². The first-order valence-electron chi connectivity index (χ1n) is 6.07. The molecule has 2 rings (SSSR count). The number of carbonyl (C=O) groups excluding carboxylic acids is 1. The molecule has 0 unspecified atom stereocenters. The molecule has 0 fully saturated rings. The first kappa shape index (κ1) is 17.8. The van der Waals surface area contributed by atoms with Gasteiger partial charge in [0.15, 0.2) is 16.7 Å². The van der Waals surface area contributed by atoms with Crippen LogP contribution in [0.2, 0.25) is 0 Å². The van der Waals surface area contributed by atoms with Gasteiger partial charge in [-0.15, -0.1) is 0 Å². The van der Waals surface area contributed by atoms with Crippen LogP contribution in [0.5, 0.6) is 0 Å². The molecule has 0 radical (unpaired) electrons. The van der Waals surface area contributed by atoms with Crippen molar-refractivity contribution in [3.63, 3.8) is 0 Å². The highest BCUT2D eigenvalue weighted by Crippen LogP contribution is 2.31. The molecule has 24 heavy (non-hydrogen) atoms. The van der Waals surface area contributed by atoms with Crippen molar-refractivity contribution in [2.24, 2.45) is 0 Å². The summed E-state index contributed by atoms with van der Waals surface area (Å²) in [6.07, 6.45) is 0.771. The molecule has 0 saturated carbocycles. The average Bonchev–Trinajstić information content (AvgIpc) is 2.50. The van der Waals surface area contributed by atoms with Gasteiger partial charge in [0.2, 0.25) is 0 Å². The van der Waals surface area contributed by atoms with Crippen molar-refractivity contribution >= 4 is 21.4 Å². The molecule has 11 heteroatoms. The Hall–Kier alpha value is -2.56. The highest BCUT2D eigenvalue weighted by Gasteiger charge is 2.49. The van der Waals surface area contributed by atoms with E-state index in [9.17, 15) is 35.2 Å². The molecule has 0 spiro atoms. The summed E-state index contributed by atoms with van der Waals surface area (Å²) >= 11 is 0. The third-order valence-electron chi connectivity index (χ3n) is 2.75. The van der Waals surface area contributed by atoms with E-state index in [0.717, 1.165) is 24.4 Å². The van der Waals surface area contributed by atoms with Crippen molar-refractivity contribution in [2.75, 3.05) is 5.32 Å². The standard InChI is InChI=1S/C13H7F5N2O3S/c14-9-4-3-7(6-10(9)15)20-11(21)8-2-1-5-19-12(8)24(22,23)13(16,17)18/h1-6H,(H,20,21). The number of carbonyl (C=O) groups is 1. The van der Waals surface area contributed by atoms with Gasteiger partial charge in [-0.25, -0.2) is 22.2 Å². The van der Waals surface area contributed by atoms with Crippen LogP contribution >= 0.6 is 0 Å². The third kappa shape index (κ3) is 3.35. The van der Waals surface area contributed by atoms with Crippen molar-refractivity contribution in [2.45, 2.75) is 10.5 Å². The number of benzene rings is 1. The quantitative estimate of drug-likeness (QED) is 0.848. The molecule has 2 aromatic rings. The summed E-state index contributed by atoms with van der Waals surface area (Å²) < 4.78 is 86.7. The van der Waals surface area contributed by atoms with Crippen LogP contribution in [0.3, 0.4) is 0 Å². The van der Waals surface area contributed by atoms with E-state index in [-0.39, 0.29) is 5.69 Å². The maximum Gasteiger partial charge on any atom is 0.503 e. The van der Waals surface area contributed by atoms with Crippen molar-refractivity contribution < 1.29 is 35.2 Å². The van der Waals surface area contributed by atoms with E-state index in [0.29, 0.717) is 12.1 Å². The molecular weight excluding hydrogens is 359 g/mol. The topological polar surface area (TPSA) is 76.1 Å². The Labute approximate surface area is 132 Å². The molecule has 0 atom stereocenters. The lowest BCUT2D eigenvalue weighted by atomic mass is 10.2. The fourth-order valence-electron chi connectivity index (χ4n) is 1.66. The molecule has 1 N–H and O–H groups in total. The van der Waals surface area contributed by atoms with Gasteiger partial charge in [-0.2, -0.15) is 13.2 Å². The minimum absolute atomic E-state index is 0.280. The highest BCUT2D eigenvalue weighted by molar-refractivity contribution is 7.92. The number of amides is 1. The predicted molar refractivity (Wildman–Crippen MR) is 71.8 cm³/mol. The van der Waals surface area contributed by atoms with Gasteiger partial charge < -0.3 is 5.32 Å². The number of nitrogens with zero attached hydrogens (tertiary/aromatic N) is 1. The van der Waals surface area contributed by atoms with Gasteiger partial charge in [-0.05, 0) is 24.3 Å². The molecule has 0 aliphatic rings. The molecule has 128 valence electrons. The number of hydrogen-bond acceptors (Lipinski definition) is 4. The third-order valence-corrected chi connectivity index (χ3v) is 4.20. The van der Waals surface area contributed by atoms with Crippen LogP contribution in [0.1, 0.15) is 10.4 Å². The van der Waals surface area contributed by atoms with Gasteiger partial charge in [0, 0.05) is 18.0 Å². The summed E-state index contributed by atoms with van der Waals surface area (Å²) in [6.45, 7) is 0. The lowest BCUT2D eigenvalue weighted by molar-refractivity contribution is -0.0438. The van der Waals surface area contributed by atoms with Crippen LogP contribution in [0.25, 0.3) is 0 Å². The molecule has 0 saturated heterocycles. The Morgan fingerprint density at radius 3 is 2.33 bits per heavy atom.